The molecule has 0 bridgehead atoms. The first kappa shape index (κ1) is 14.3. The Morgan fingerprint density at radius 1 is 1.37 bits per heavy atom. The van der Waals surface area contributed by atoms with E-state index < -0.39 is 5.97 Å². The molecule has 0 aromatic rings. The molecule has 6 heteroatoms. The minimum atomic E-state index is -0.879. The van der Waals surface area contributed by atoms with Gasteiger partial charge in [0, 0.05) is 19.5 Å². The van der Waals surface area contributed by atoms with Crippen LogP contribution in [-0.4, -0.2) is 60.8 Å². The van der Waals surface area contributed by atoms with Gasteiger partial charge in [0.25, 0.3) is 0 Å². The molecular formula is C13H22N2O4. The number of carboxylic acids is 1. The van der Waals surface area contributed by atoms with Crippen LogP contribution in [0.3, 0.4) is 0 Å². The molecule has 2 fully saturated rings. The molecule has 0 spiro atoms. The molecule has 108 valence electrons. The van der Waals surface area contributed by atoms with E-state index in [1.165, 1.54) is 0 Å². The number of piperidine rings is 1. The predicted molar refractivity (Wildman–Crippen MR) is 68.8 cm³/mol. The maximum Gasteiger partial charge on any atom is 0.306 e. The zero-order valence-electron chi connectivity index (χ0n) is 11.1. The van der Waals surface area contributed by atoms with Crippen LogP contribution in [0.25, 0.3) is 0 Å². The maximum absolute atomic E-state index is 12.2. The van der Waals surface area contributed by atoms with Crippen LogP contribution in [-0.2, 0) is 14.3 Å². The van der Waals surface area contributed by atoms with Crippen LogP contribution in [0, 0.1) is 5.92 Å². The highest BCUT2D eigenvalue weighted by atomic mass is 16.5. The third-order valence-electron chi connectivity index (χ3n) is 3.76. The van der Waals surface area contributed by atoms with Gasteiger partial charge in [-0.15, -0.1) is 0 Å². The molecule has 0 aromatic carbocycles. The first-order valence-electron chi connectivity index (χ1n) is 6.97. The molecule has 0 saturated carbocycles. The molecule has 0 aliphatic carbocycles. The van der Waals surface area contributed by atoms with E-state index in [1.54, 1.807) is 4.90 Å². The standard InChI is InChI=1S/C13H22N2O4/c16-12(6-10-2-1-3-14-8-10)15-4-5-19-11(9-15)7-13(17)18/h10-11,14H,1-9H2,(H,17,18). The van der Waals surface area contributed by atoms with Gasteiger partial charge in [0.05, 0.1) is 19.1 Å². The predicted octanol–water partition coefficient (Wildman–Crippen LogP) is 0.0782. The first-order chi connectivity index (χ1) is 9.15. The second-order valence-electron chi connectivity index (χ2n) is 5.35. The minimum absolute atomic E-state index is 0.0330. The van der Waals surface area contributed by atoms with Crippen LogP contribution >= 0.6 is 0 Å². The third kappa shape index (κ3) is 4.47. The lowest BCUT2D eigenvalue weighted by Crippen LogP contribution is -2.47. The Labute approximate surface area is 113 Å². The van der Waals surface area contributed by atoms with E-state index in [9.17, 15) is 9.59 Å². The van der Waals surface area contributed by atoms with Crippen molar-refractivity contribution in [1.29, 1.82) is 0 Å². The Balaban J connectivity index is 1.79. The number of carboxylic acid groups (broad SMARTS) is 1. The molecule has 19 heavy (non-hydrogen) atoms. The second-order valence-corrected chi connectivity index (χ2v) is 5.35. The molecule has 2 heterocycles. The Bertz CT molecular complexity index is 329. The Kier molecular flexibility index (Phi) is 5.15. The number of nitrogens with one attached hydrogen (secondary N) is 1. The van der Waals surface area contributed by atoms with E-state index in [1.807, 2.05) is 0 Å². The largest absolute Gasteiger partial charge is 0.481 e. The second kappa shape index (κ2) is 6.86. The van der Waals surface area contributed by atoms with Gasteiger partial charge < -0.3 is 20.1 Å². The van der Waals surface area contributed by atoms with Crippen molar-refractivity contribution < 1.29 is 19.4 Å². The van der Waals surface area contributed by atoms with E-state index in [4.69, 9.17) is 9.84 Å². The van der Waals surface area contributed by atoms with Gasteiger partial charge in [-0.1, -0.05) is 0 Å². The number of nitrogens with zero attached hydrogens (tertiary/aromatic N) is 1. The van der Waals surface area contributed by atoms with Crippen LogP contribution in [0.2, 0.25) is 0 Å². The summed E-state index contributed by atoms with van der Waals surface area (Å²) >= 11 is 0. The first-order valence-corrected chi connectivity index (χ1v) is 6.97. The molecule has 0 radical (unpaired) electrons. The van der Waals surface area contributed by atoms with Gasteiger partial charge in [0.2, 0.25) is 5.91 Å². The number of morpholine rings is 1. The summed E-state index contributed by atoms with van der Waals surface area (Å²) in [7, 11) is 0. The maximum atomic E-state index is 12.2. The van der Waals surface area contributed by atoms with Crippen LogP contribution in [0.5, 0.6) is 0 Å². The molecule has 1 amide bonds. The van der Waals surface area contributed by atoms with Crippen molar-refractivity contribution in [2.45, 2.75) is 31.8 Å². The van der Waals surface area contributed by atoms with Gasteiger partial charge in [-0.2, -0.15) is 0 Å². The number of aliphatic carboxylic acids is 1. The zero-order chi connectivity index (χ0) is 13.7. The highest BCUT2D eigenvalue weighted by molar-refractivity contribution is 5.76. The van der Waals surface area contributed by atoms with Crippen molar-refractivity contribution in [1.82, 2.24) is 10.2 Å². The number of rotatable bonds is 4. The highest BCUT2D eigenvalue weighted by Crippen LogP contribution is 2.17. The lowest BCUT2D eigenvalue weighted by Gasteiger charge is -2.33. The normalized spacial score (nSPS) is 28.1. The molecule has 2 aliphatic rings. The van der Waals surface area contributed by atoms with Crippen molar-refractivity contribution in [2.75, 3.05) is 32.8 Å². The third-order valence-corrected chi connectivity index (χ3v) is 3.76. The average molecular weight is 270 g/mol. The molecule has 2 saturated heterocycles. The molecule has 2 rings (SSSR count). The van der Waals surface area contributed by atoms with Gasteiger partial charge in [0.15, 0.2) is 0 Å². The Morgan fingerprint density at radius 2 is 2.21 bits per heavy atom. The smallest absolute Gasteiger partial charge is 0.306 e. The van der Waals surface area contributed by atoms with Gasteiger partial charge in [0.1, 0.15) is 0 Å². The van der Waals surface area contributed by atoms with Gasteiger partial charge in [-0.25, -0.2) is 0 Å². The van der Waals surface area contributed by atoms with Gasteiger partial charge >= 0.3 is 5.97 Å². The lowest BCUT2D eigenvalue weighted by atomic mass is 9.95. The molecule has 2 aliphatic heterocycles. The number of amides is 1. The van der Waals surface area contributed by atoms with Gasteiger partial charge in [-0.3, -0.25) is 9.59 Å². The number of carbonyl (C=O) groups is 2. The highest BCUT2D eigenvalue weighted by Gasteiger charge is 2.27. The fourth-order valence-corrected chi connectivity index (χ4v) is 2.74. The summed E-state index contributed by atoms with van der Waals surface area (Å²) in [6.45, 7) is 3.38. The van der Waals surface area contributed by atoms with E-state index >= 15 is 0 Å². The van der Waals surface area contributed by atoms with Crippen LogP contribution in [0.4, 0.5) is 0 Å². The molecular weight excluding hydrogens is 248 g/mol. The fourth-order valence-electron chi connectivity index (χ4n) is 2.74. The molecule has 2 unspecified atom stereocenters. The lowest BCUT2D eigenvalue weighted by molar-refractivity contribution is -0.148. The SMILES string of the molecule is O=C(O)CC1CN(C(=O)CC2CCCNC2)CCO1. The van der Waals surface area contributed by atoms with Crippen LogP contribution in [0.1, 0.15) is 25.7 Å². The minimum Gasteiger partial charge on any atom is -0.481 e. The zero-order valence-corrected chi connectivity index (χ0v) is 11.1. The number of hydrogen-bond donors (Lipinski definition) is 2. The average Bonchev–Trinajstić information content (AvgIpc) is 2.39. The summed E-state index contributed by atoms with van der Waals surface area (Å²) in [5.74, 6) is -0.329. The van der Waals surface area contributed by atoms with Crippen molar-refractivity contribution in [3.8, 4) is 0 Å². The van der Waals surface area contributed by atoms with E-state index in [-0.39, 0.29) is 18.4 Å². The van der Waals surface area contributed by atoms with Crippen molar-refractivity contribution in [3.63, 3.8) is 0 Å². The quantitative estimate of drug-likeness (QED) is 0.756. The summed E-state index contributed by atoms with van der Waals surface area (Å²) in [6, 6.07) is 0. The Morgan fingerprint density at radius 3 is 2.89 bits per heavy atom. The molecule has 2 atom stereocenters. The van der Waals surface area contributed by atoms with Crippen molar-refractivity contribution >= 4 is 11.9 Å². The van der Waals surface area contributed by atoms with E-state index in [0.717, 1.165) is 25.9 Å². The summed E-state index contributed by atoms with van der Waals surface area (Å²) < 4.78 is 5.37. The number of carbonyl (C=O) groups excluding carboxylic acids is 1. The Hall–Kier alpha value is -1.14. The van der Waals surface area contributed by atoms with E-state index in [0.29, 0.717) is 32.0 Å². The molecule has 2 N–H and O–H groups in total. The van der Waals surface area contributed by atoms with Crippen molar-refractivity contribution in [2.24, 2.45) is 5.92 Å². The summed E-state index contributed by atoms with van der Waals surface area (Å²) in [5, 5.41) is 12.1. The van der Waals surface area contributed by atoms with Crippen LogP contribution in [0.15, 0.2) is 0 Å². The molecule has 0 aromatic heterocycles. The topological polar surface area (TPSA) is 78.9 Å². The van der Waals surface area contributed by atoms with Crippen LogP contribution < -0.4 is 5.32 Å². The van der Waals surface area contributed by atoms with Gasteiger partial charge in [-0.05, 0) is 31.8 Å². The van der Waals surface area contributed by atoms with Crippen molar-refractivity contribution in [3.05, 3.63) is 0 Å². The fraction of sp³-hybridized carbons (Fsp3) is 0.846. The summed E-state index contributed by atoms with van der Waals surface area (Å²) in [5.41, 5.74) is 0. The summed E-state index contributed by atoms with van der Waals surface area (Å²) in [6.07, 6.45) is 2.39. The van der Waals surface area contributed by atoms with E-state index in [2.05, 4.69) is 5.32 Å². The number of hydrogen-bond acceptors (Lipinski definition) is 4. The number of ether oxygens (including phenoxy) is 1. The monoisotopic (exact) mass is 270 g/mol. The summed E-state index contributed by atoms with van der Waals surface area (Å²) in [4.78, 5) is 24.6. The molecule has 6 nitrogen and oxygen atoms in total.